The lowest BCUT2D eigenvalue weighted by Gasteiger charge is -2.35. The van der Waals surface area contributed by atoms with E-state index < -0.39 is 29.1 Å². The van der Waals surface area contributed by atoms with Gasteiger partial charge in [-0.05, 0) is 82.5 Å². The molecule has 3 amide bonds. The van der Waals surface area contributed by atoms with Gasteiger partial charge in [0.05, 0.1) is 11.2 Å². The van der Waals surface area contributed by atoms with E-state index in [4.69, 9.17) is 0 Å². The standard InChI is InChI=1S/C21H25F2N3O2/c1-12-9-15(10-13(2)14(12)3)19(27)26(21(4,5)6)25-20(28)24-18-11-16(22)7-8-17(18)23/h7-11H,1-6H3,(H2,24,25,28). The molecule has 0 bridgehead atoms. The minimum Gasteiger partial charge on any atom is -0.304 e. The molecule has 0 saturated heterocycles. The Morgan fingerprint density at radius 2 is 1.54 bits per heavy atom. The molecule has 0 saturated carbocycles. The summed E-state index contributed by atoms with van der Waals surface area (Å²) in [5.74, 6) is -1.88. The van der Waals surface area contributed by atoms with Crippen LogP contribution < -0.4 is 10.7 Å². The molecule has 0 aliphatic carbocycles. The van der Waals surface area contributed by atoms with E-state index in [1.807, 2.05) is 20.8 Å². The highest BCUT2D eigenvalue weighted by Gasteiger charge is 2.30. The minimum absolute atomic E-state index is 0.319. The third kappa shape index (κ3) is 4.85. The first-order valence-corrected chi connectivity index (χ1v) is 8.85. The number of hydrogen-bond acceptors (Lipinski definition) is 2. The van der Waals surface area contributed by atoms with E-state index in [9.17, 15) is 18.4 Å². The van der Waals surface area contributed by atoms with E-state index in [1.165, 1.54) is 5.01 Å². The number of carbonyl (C=O) groups is 2. The second-order valence-corrected chi connectivity index (χ2v) is 7.74. The van der Waals surface area contributed by atoms with E-state index in [2.05, 4.69) is 10.7 Å². The molecule has 2 rings (SSSR count). The number of rotatable bonds is 2. The van der Waals surface area contributed by atoms with Gasteiger partial charge < -0.3 is 5.32 Å². The normalized spacial score (nSPS) is 11.1. The lowest BCUT2D eigenvalue weighted by Crippen LogP contribution is -2.56. The quantitative estimate of drug-likeness (QED) is 0.720. The molecule has 0 unspecified atom stereocenters. The third-order valence-electron chi connectivity index (χ3n) is 4.44. The number of nitrogens with one attached hydrogen (secondary N) is 2. The number of carbonyl (C=O) groups excluding carboxylic acids is 2. The number of hydrogen-bond donors (Lipinski definition) is 2. The summed E-state index contributed by atoms with van der Waals surface area (Å²) in [5.41, 5.74) is 4.80. The Morgan fingerprint density at radius 3 is 2.07 bits per heavy atom. The average Bonchev–Trinajstić information content (AvgIpc) is 2.58. The van der Waals surface area contributed by atoms with Crippen molar-refractivity contribution >= 4 is 17.6 Å². The number of anilines is 1. The zero-order valence-corrected chi connectivity index (χ0v) is 16.9. The second kappa shape index (κ2) is 7.96. The first kappa shape index (κ1) is 21.3. The van der Waals surface area contributed by atoms with Crippen LogP contribution in [0.25, 0.3) is 0 Å². The van der Waals surface area contributed by atoms with Crippen LogP contribution in [0.3, 0.4) is 0 Å². The van der Waals surface area contributed by atoms with Crippen LogP contribution in [0.1, 0.15) is 47.8 Å². The highest BCUT2D eigenvalue weighted by molar-refractivity contribution is 5.98. The summed E-state index contributed by atoms with van der Waals surface area (Å²) >= 11 is 0. The van der Waals surface area contributed by atoms with Gasteiger partial charge in [0.25, 0.3) is 5.91 Å². The first-order chi connectivity index (χ1) is 12.9. The Labute approximate surface area is 163 Å². The van der Waals surface area contributed by atoms with Gasteiger partial charge in [-0.25, -0.2) is 24.0 Å². The van der Waals surface area contributed by atoms with Crippen LogP contribution in [0.4, 0.5) is 19.3 Å². The molecule has 0 heterocycles. The lowest BCUT2D eigenvalue weighted by atomic mass is 9.99. The summed E-state index contributed by atoms with van der Waals surface area (Å²) in [4.78, 5) is 25.4. The molecule has 7 heteroatoms. The molecule has 0 aliphatic rings. The molecule has 2 aromatic rings. The van der Waals surface area contributed by atoms with E-state index in [0.29, 0.717) is 5.56 Å². The summed E-state index contributed by atoms with van der Waals surface area (Å²) in [6, 6.07) is 5.39. The highest BCUT2D eigenvalue weighted by Crippen LogP contribution is 2.21. The number of nitrogens with zero attached hydrogens (tertiary/aromatic N) is 1. The molecule has 28 heavy (non-hydrogen) atoms. The van der Waals surface area contributed by atoms with Gasteiger partial charge in [0, 0.05) is 11.6 Å². The van der Waals surface area contributed by atoms with Gasteiger partial charge in [-0.15, -0.1) is 0 Å². The summed E-state index contributed by atoms with van der Waals surface area (Å²) in [6.07, 6.45) is 0. The Kier molecular flexibility index (Phi) is 6.07. The van der Waals surface area contributed by atoms with Gasteiger partial charge >= 0.3 is 6.03 Å². The third-order valence-corrected chi connectivity index (χ3v) is 4.44. The molecule has 0 radical (unpaired) electrons. The van der Waals surface area contributed by atoms with Crippen LogP contribution in [0, 0.1) is 32.4 Å². The van der Waals surface area contributed by atoms with Gasteiger partial charge in [-0.2, -0.15) is 0 Å². The Hall–Kier alpha value is -2.96. The average molecular weight is 389 g/mol. The van der Waals surface area contributed by atoms with Crippen LogP contribution in [0.5, 0.6) is 0 Å². The van der Waals surface area contributed by atoms with Crippen molar-refractivity contribution in [1.82, 2.24) is 10.4 Å². The van der Waals surface area contributed by atoms with Crippen molar-refractivity contribution in [2.45, 2.75) is 47.1 Å². The molecule has 0 atom stereocenters. The van der Waals surface area contributed by atoms with E-state index in [-0.39, 0.29) is 5.69 Å². The monoisotopic (exact) mass is 389 g/mol. The summed E-state index contributed by atoms with van der Waals surface area (Å²) in [6.45, 7) is 11.0. The minimum atomic E-state index is -0.853. The molecular formula is C21H25F2N3O2. The van der Waals surface area contributed by atoms with Crippen molar-refractivity contribution in [2.75, 3.05) is 5.32 Å². The van der Waals surface area contributed by atoms with Crippen molar-refractivity contribution < 1.29 is 18.4 Å². The van der Waals surface area contributed by atoms with E-state index in [1.54, 1.807) is 32.9 Å². The Bertz CT molecular complexity index is 897. The SMILES string of the molecule is Cc1cc(C(=O)N(NC(=O)Nc2cc(F)ccc2F)C(C)(C)C)cc(C)c1C. The Morgan fingerprint density at radius 1 is 0.964 bits per heavy atom. The van der Waals surface area contributed by atoms with Gasteiger partial charge in [-0.3, -0.25) is 4.79 Å². The molecule has 2 aromatic carbocycles. The summed E-state index contributed by atoms with van der Waals surface area (Å²) in [5, 5.41) is 3.40. The maximum atomic E-state index is 13.8. The summed E-state index contributed by atoms with van der Waals surface area (Å²) < 4.78 is 27.1. The van der Waals surface area contributed by atoms with E-state index in [0.717, 1.165) is 34.9 Å². The molecule has 2 N–H and O–H groups in total. The highest BCUT2D eigenvalue weighted by atomic mass is 19.1. The first-order valence-electron chi connectivity index (χ1n) is 8.85. The van der Waals surface area contributed by atoms with Crippen molar-refractivity contribution in [3.63, 3.8) is 0 Å². The smallest absolute Gasteiger partial charge is 0.304 e. The van der Waals surface area contributed by atoms with E-state index >= 15 is 0 Å². The number of hydrazine groups is 1. The largest absolute Gasteiger partial charge is 0.338 e. The molecule has 0 aromatic heterocycles. The fourth-order valence-electron chi connectivity index (χ4n) is 2.66. The molecule has 0 aliphatic heterocycles. The predicted molar refractivity (Wildman–Crippen MR) is 105 cm³/mol. The van der Waals surface area contributed by atoms with Crippen LogP contribution >= 0.6 is 0 Å². The maximum Gasteiger partial charge on any atom is 0.338 e. The van der Waals surface area contributed by atoms with Crippen molar-refractivity contribution in [2.24, 2.45) is 0 Å². The zero-order valence-electron chi connectivity index (χ0n) is 16.9. The van der Waals surface area contributed by atoms with Crippen molar-refractivity contribution in [3.05, 3.63) is 64.2 Å². The fraction of sp³-hybridized carbons (Fsp3) is 0.333. The Balaban J connectivity index is 2.28. The number of benzene rings is 2. The topological polar surface area (TPSA) is 61.4 Å². The predicted octanol–water partition coefficient (Wildman–Crippen LogP) is 4.87. The second-order valence-electron chi connectivity index (χ2n) is 7.74. The molecule has 5 nitrogen and oxygen atoms in total. The fourth-order valence-corrected chi connectivity index (χ4v) is 2.66. The van der Waals surface area contributed by atoms with Crippen LogP contribution in [-0.2, 0) is 0 Å². The van der Waals surface area contributed by atoms with Crippen molar-refractivity contribution in [3.8, 4) is 0 Å². The number of urea groups is 1. The van der Waals surface area contributed by atoms with Gasteiger partial charge in [0.2, 0.25) is 0 Å². The van der Waals surface area contributed by atoms with Crippen LogP contribution in [0.15, 0.2) is 30.3 Å². The number of amides is 3. The lowest BCUT2D eigenvalue weighted by molar-refractivity contribution is 0.0460. The van der Waals surface area contributed by atoms with Gasteiger partial charge in [0.1, 0.15) is 11.6 Å². The maximum absolute atomic E-state index is 13.8. The van der Waals surface area contributed by atoms with Crippen LogP contribution in [0.2, 0.25) is 0 Å². The molecule has 0 fully saturated rings. The van der Waals surface area contributed by atoms with Crippen LogP contribution in [-0.4, -0.2) is 22.5 Å². The van der Waals surface area contributed by atoms with Crippen molar-refractivity contribution in [1.29, 1.82) is 0 Å². The number of aryl methyl sites for hydroxylation is 2. The molecule has 150 valence electrons. The van der Waals surface area contributed by atoms with Gasteiger partial charge in [0.15, 0.2) is 0 Å². The number of halogens is 2. The molecule has 0 spiro atoms. The zero-order chi connectivity index (χ0) is 21.2. The summed E-state index contributed by atoms with van der Waals surface area (Å²) in [7, 11) is 0. The molecular weight excluding hydrogens is 364 g/mol. The van der Waals surface area contributed by atoms with Gasteiger partial charge in [-0.1, -0.05) is 0 Å².